The van der Waals surface area contributed by atoms with Crippen molar-refractivity contribution in [2.75, 3.05) is 7.11 Å². The second-order valence-corrected chi connectivity index (χ2v) is 5.01. The zero-order valence-electron chi connectivity index (χ0n) is 10.1. The topological polar surface area (TPSA) is 49.9 Å². The fourth-order valence-electron chi connectivity index (χ4n) is 1.79. The molecule has 0 spiro atoms. The molecule has 1 fully saturated rings. The summed E-state index contributed by atoms with van der Waals surface area (Å²) in [7, 11) is 1.22. The highest BCUT2D eigenvalue weighted by atomic mass is 32.1. The van der Waals surface area contributed by atoms with Crippen LogP contribution in [0, 0.1) is 0 Å². The molecule has 1 unspecified atom stereocenters. The monoisotopic (exact) mass is 244 g/mol. The van der Waals surface area contributed by atoms with Crippen LogP contribution < -0.4 is 0 Å². The van der Waals surface area contributed by atoms with E-state index in [0.717, 1.165) is 4.90 Å². The van der Waals surface area contributed by atoms with Crippen LogP contribution in [-0.2, 0) is 9.53 Å². The molecule has 90 valence electrons. The Hall–Kier alpha value is -1.17. The van der Waals surface area contributed by atoms with E-state index in [1.54, 1.807) is 11.8 Å². The van der Waals surface area contributed by atoms with Gasteiger partial charge < -0.3 is 9.64 Å². The third-order valence-electron chi connectivity index (χ3n) is 2.44. The van der Waals surface area contributed by atoms with Gasteiger partial charge in [-0.05, 0) is 39.9 Å². The molecule has 6 heteroatoms. The first kappa shape index (κ1) is 12.9. The van der Waals surface area contributed by atoms with Crippen molar-refractivity contribution in [1.82, 2.24) is 9.80 Å². The van der Waals surface area contributed by atoms with Crippen LogP contribution in [0.4, 0.5) is 4.79 Å². The van der Waals surface area contributed by atoms with Crippen molar-refractivity contribution in [3.8, 4) is 0 Å². The molecule has 1 atom stereocenters. The Labute approximate surface area is 100 Å². The standard InChI is InChI=1S/C10H16N2O3S/c1-6-7(13)11(9(14)15-5)8(16)12(6)10(2,3)4/h6H,1-5H3. The molecule has 1 rings (SSSR count). The number of hydrogen-bond acceptors (Lipinski definition) is 4. The lowest BCUT2D eigenvalue weighted by Crippen LogP contribution is -2.47. The number of amides is 2. The van der Waals surface area contributed by atoms with E-state index in [1.165, 1.54) is 7.11 Å². The summed E-state index contributed by atoms with van der Waals surface area (Å²) in [6.07, 6.45) is -0.728. The van der Waals surface area contributed by atoms with E-state index in [2.05, 4.69) is 4.74 Å². The number of thiocarbonyl (C=S) groups is 1. The quantitative estimate of drug-likeness (QED) is 0.602. The summed E-state index contributed by atoms with van der Waals surface area (Å²) in [5, 5.41) is 0.205. The maximum absolute atomic E-state index is 11.9. The number of carbonyl (C=O) groups is 2. The summed E-state index contributed by atoms with van der Waals surface area (Å²) < 4.78 is 4.54. The van der Waals surface area contributed by atoms with Crippen LogP contribution in [-0.4, -0.2) is 45.6 Å². The van der Waals surface area contributed by atoms with Gasteiger partial charge in [-0.2, -0.15) is 4.90 Å². The molecule has 1 heterocycles. The van der Waals surface area contributed by atoms with Crippen molar-refractivity contribution < 1.29 is 14.3 Å². The molecule has 16 heavy (non-hydrogen) atoms. The van der Waals surface area contributed by atoms with E-state index in [1.807, 2.05) is 20.8 Å². The Morgan fingerprint density at radius 2 is 1.94 bits per heavy atom. The molecule has 1 aliphatic heterocycles. The van der Waals surface area contributed by atoms with Crippen molar-refractivity contribution in [3.63, 3.8) is 0 Å². The molecule has 0 aromatic rings. The van der Waals surface area contributed by atoms with Gasteiger partial charge in [-0.1, -0.05) is 0 Å². The Morgan fingerprint density at radius 3 is 2.25 bits per heavy atom. The van der Waals surface area contributed by atoms with Gasteiger partial charge in [0.2, 0.25) is 0 Å². The van der Waals surface area contributed by atoms with Gasteiger partial charge in [-0.3, -0.25) is 4.79 Å². The van der Waals surface area contributed by atoms with Crippen LogP contribution >= 0.6 is 12.2 Å². The zero-order chi connectivity index (χ0) is 12.7. The summed E-state index contributed by atoms with van der Waals surface area (Å²) in [6.45, 7) is 7.53. The van der Waals surface area contributed by atoms with Crippen LogP contribution in [0.15, 0.2) is 0 Å². The Bertz CT molecular complexity index is 348. The maximum Gasteiger partial charge on any atom is 0.422 e. The maximum atomic E-state index is 11.9. The normalized spacial score (nSPS) is 21.7. The third-order valence-corrected chi connectivity index (χ3v) is 2.82. The van der Waals surface area contributed by atoms with Gasteiger partial charge in [0.05, 0.1) is 7.11 Å². The molecule has 0 radical (unpaired) electrons. The smallest absolute Gasteiger partial charge is 0.422 e. The van der Waals surface area contributed by atoms with Crippen molar-refractivity contribution in [1.29, 1.82) is 0 Å². The summed E-state index contributed by atoms with van der Waals surface area (Å²) in [5.74, 6) is -0.341. The number of imide groups is 1. The summed E-state index contributed by atoms with van der Waals surface area (Å²) in [6, 6.07) is -0.438. The molecular formula is C10H16N2O3S. The first-order valence-corrected chi connectivity index (χ1v) is 5.38. The van der Waals surface area contributed by atoms with Crippen molar-refractivity contribution in [2.24, 2.45) is 0 Å². The second kappa shape index (κ2) is 4.01. The minimum Gasteiger partial charge on any atom is -0.452 e. The number of hydrogen-bond donors (Lipinski definition) is 0. The van der Waals surface area contributed by atoms with Crippen molar-refractivity contribution in [3.05, 3.63) is 0 Å². The summed E-state index contributed by atoms with van der Waals surface area (Å²) >= 11 is 5.14. The lowest BCUT2D eigenvalue weighted by molar-refractivity contribution is -0.127. The average Bonchev–Trinajstić information content (AvgIpc) is 2.36. The van der Waals surface area contributed by atoms with Gasteiger partial charge in [0.1, 0.15) is 6.04 Å². The SMILES string of the molecule is COC(=O)N1C(=O)C(C)N(C(C)(C)C)C1=S. The van der Waals surface area contributed by atoms with Gasteiger partial charge in [0.25, 0.3) is 5.91 Å². The van der Waals surface area contributed by atoms with Crippen LogP contribution in [0.3, 0.4) is 0 Å². The van der Waals surface area contributed by atoms with E-state index in [0.29, 0.717) is 0 Å². The number of rotatable bonds is 0. The van der Waals surface area contributed by atoms with Gasteiger partial charge >= 0.3 is 6.09 Å². The van der Waals surface area contributed by atoms with Gasteiger partial charge in [-0.25, -0.2) is 4.79 Å². The first-order valence-electron chi connectivity index (χ1n) is 4.97. The molecule has 0 N–H and O–H groups in total. The van der Waals surface area contributed by atoms with Crippen LogP contribution in [0.2, 0.25) is 0 Å². The predicted octanol–water partition coefficient (Wildman–Crippen LogP) is 1.37. The molecular weight excluding hydrogens is 228 g/mol. The van der Waals surface area contributed by atoms with E-state index in [9.17, 15) is 9.59 Å². The summed E-state index contributed by atoms with van der Waals surface area (Å²) in [5.41, 5.74) is -0.311. The van der Waals surface area contributed by atoms with E-state index >= 15 is 0 Å². The fourth-order valence-corrected chi connectivity index (χ4v) is 2.39. The molecule has 0 saturated carbocycles. The molecule has 0 aliphatic carbocycles. The highest BCUT2D eigenvalue weighted by Gasteiger charge is 2.47. The molecule has 0 aromatic carbocycles. The lowest BCUT2D eigenvalue weighted by atomic mass is 10.1. The van der Waals surface area contributed by atoms with E-state index in [-0.39, 0.29) is 16.6 Å². The summed E-state index contributed by atoms with van der Waals surface area (Å²) in [4.78, 5) is 25.9. The minimum atomic E-state index is -0.728. The first-order chi connectivity index (χ1) is 7.21. The number of nitrogens with zero attached hydrogens (tertiary/aromatic N) is 2. The highest BCUT2D eigenvalue weighted by Crippen LogP contribution is 2.27. The average molecular weight is 244 g/mol. The zero-order valence-corrected chi connectivity index (χ0v) is 10.9. The molecule has 1 aliphatic rings. The predicted molar refractivity (Wildman–Crippen MR) is 62.9 cm³/mol. The molecule has 1 saturated heterocycles. The largest absolute Gasteiger partial charge is 0.452 e. The van der Waals surface area contributed by atoms with Crippen molar-refractivity contribution in [2.45, 2.75) is 39.3 Å². The Kier molecular flexibility index (Phi) is 3.23. The van der Waals surface area contributed by atoms with Crippen LogP contribution in [0.1, 0.15) is 27.7 Å². The van der Waals surface area contributed by atoms with E-state index in [4.69, 9.17) is 12.2 Å². The Balaban J connectivity index is 3.09. The van der Waals surface area contributed by atoms with Gasteiger partial charge in [0, 0.05) is 5.54 Å². The molecule has 2 amide bonds. The van der Waals surface area contributed by atoms with Crippen LogP contribution in [0.5, 0.6) is 0 Å². The number of ether oxygens (including phenoxy) is 1. The third kappa shape index (κ3) is 1.89. The van der Waals surface area contributed by atoms with E-state index < -0.39 is 12.1 Å². The second-order valence-electron chi connectivity index (χ2n) is 4.64. The van der Waals surface area contributed by atoms with Gasteiger partial charge in [0.15, 0.2) is 5.11 Å². The molecule has 0 bridgehead atoms. The highest BCUT2D eigenvalue weighted by molar-refractivity contribution is 7.80. The van der Waals surface area contributed by atoms with Gasteiger partial charge in [-0.15, -0.1) is 0 Å². The number of carbonyl (C=O) groups excluding carboxylic acids is 2. The Morgan fingerprint density at radius 1 is 1.44 bits per heavy atom. The number of methoxy groups -OCH3 is 1. The molecule has 0 aromatic heterocycles. The van der Waals surface area contributed by atoms with Crippen LogP contribution in [0.25, 0.3) is 0 Å². The molecule has 5 nitrogen and oxygen atoms in total. The van der Waals surface area contributed by atoms with Crippen molar-refractivity contribution >= 4 is 29.3 Å². The minimum absolute atomic E-state index is 0.205. The fraction of sp³-hybridized carbons (Fsp3) is 0.700. The lowest BCUT2D eigenvalue weighted by Gasteiger charge is -2.35.